The topological polar surface area (TPSA) is 75.4 Å². The van der Waals surface area contributed by atoms with E-state index in [1.807, 2.05) is 25.0 Å². The first-order valence-corrected chi connectivity index (χ1v) is 8.68. The van der Waals surface area contributed by atoms with Crippen molar-refractivity contribution in [3.05, 3.63) is 0 Å². The van der Waals surface area contributed by atoms with Crippen LogP contribution in [0.5, 0.6) is 0 Å². The molecule has 3 N–H and O–H groups in total. The minimum Gasteiger partial charge on any atom is -0.352 e. The molecule has 20 heavy (non-hydrogen) atoms. The Balaban J connectivity index is 2.31. The second-order valence-electron chi connectivity index (χ2n) is 5.65. The molecule has 1 aliphatic heterocycles. The first-order chi connectivity index (χ1) is 9.45. The van der Waals surface area contributed by atoms with Crippen LogP contribution in [-0.2, 0) is 9.59 Å². The zero-order valence-electron chi connectivity index (χ0n) is 12.7. The summed E-state index contributed by atoms with van der Waals surface area (Å²) in [7, 11) is 0. The third kappa shape index (κ3) is 5.32. The van der Waals surface area contributed by atoms with Crippen LogP contribution in [0.25, 0.3) is 0 Å². The van der Waals surface area contributed by atoms with Crippen molar-refractivity contribution in [2.45, 2.75) is 45.2 Å². The third-order valence-corrected chi connectivity index (χ3v) is 4.26. The largest absolute Gasteiger partial charge is 0.352 e. The van der Waals surface area contributed by atoms with E-state index < -0.39 is 6.04 Å². The summed E-state index contributed by atoms with van der Waals surface area (Å²) in [6, 6.07) is -0.267. The highest BCUT2D eigenvalue weighted by atomic mass is 32.2. The minimum atomic E-state index is -0.419. The van der Waals surface area contributed by atoms with Gasteiger partial charge in [-0.3, -0.25) is 9.59 Å². The lowest BCUT2D eigenvalue weighted by molar-refractivity contribution is -0.135. The molecular weight excluding hydrogens is 274 g/mol. The molecule has 1 fully saturated rings. The molecule has 0 aliphatic carbocycles. The number of likely N-dealkylation sites (tertiary alicyclic amines) is 1. The summed E-state index contributed by atoms with van der Waals surface area (Å²) >= 11 is 1.70. The van der Waals surface area contributed by atoms with Crippen molar-refractivity contribution in [3.63, 3.8) is 0 Å². The summed E-state index contributed by atoms with van der Waals surface area (Å²) in [4.78, 5) is 25.7. The smallest absolute Gasteiger partial charge is 0.237 e. The molecule has 1 heterocycles. The highest BCUT2D eigenvalue weighted by Gasteiger charge is 2.26. The standard InChI is InChI=1S/C14H27N3O2S/c1-10(2)14(19)17-7-4-11(5-8-17)16-13(18)12(15)6-9-20-3/h10-12H,4-9,15H2,1-3H3,(H,16,18)/t12-/m1/s1. The molecule has 0 saturated carbocycles. The molecule has 0 aromatic carbocycles. The summed E-state index contributed by atoms with van der Waals surface area (Å²) in [5, 5.41) is 3.01. The lowest BCUT2D eigenvalue weighted by Gasteiger charge is -2.33. The van der Waals surface area contributed by atoms with Gasteiger partial charge in [0.05, 0.1) is 6.04 Å². The van der Waals surface area contributed by atoms with Crippen molar-refractivity contribution >= 4 is 23.6 Å². The zero-order chi connectivity index (χ0) is 15.1. The molecule has 0 aromatic heterocycles. The van der Waals surface area contributed by atoms with Crippen molar-refractivity contribution in [2.24, 2.45) is 11.7 Å². The Morgan fingerprint density at radius 1 is 1.35 bits per heavy atom. The van der Waals surface area contributed by atoms with Gasteiger partial charge in [0.1, 0.15) is 0 Å². The average Bonchev–Trinajstić information content (AvgIpc) is 2.44. The molecule has 116 valence electrons. The van der Waals surface area contributed by atoms with E-state index >= 15 is 0 Å². The van der Waals surface area contributed by atoms with Crippen LogP contribution in [0.15, 0.2) is 0 Å². The summed E-state index contributed by atoms with van der Waals surface area (Å²) in [5.41, 5.74) is 5.85. The number of nitrogens with zero attached hydrogens (tertiary/aromatic N) is 1. The summed E-state index contributed by atoms with van der Waals surface area (Å²) in [6.07, 6.45) is 4.35. The van der Waals surface area contributed by atoms with Gasteiger partial charge in [0.25, 0.3) is 0 Å². The van der Waals surface area contributed by atoms with Crippen molar-refractivity contribution in [3.8, 4) is 0 Å². The highest BCUT2D eigenvalue weighted by molar-refractivity contribution is 7.98. The van der Waals surface area contributed by atoms with E-state index in [4.69, 9.17) is 5.73 Å². The molecule has 0 radical (unpaired) electrons. The Morgan fingerprint density at radius 3 is 2.45 bits per heavy atom. The molecule has 1 saturated heterocycles. The van der Waals surface area contributed by atoms with Crippen LogP contribution in [0.3, 0.4) is 0 Å². The number of carbonyl (C=O) groups excluding carboxylic acids is 2. The highest BCUT2D eigenvalue weighted by Crippen LogP contribution is 2.13. The quantitative estimate of drug-likeness (QED) is 0.762. The number of carbonyl (C=O) groups is 2. The van der Waals surface area contributed by atoms with Crippen LogP contribution in [0.4, 0.5) is 0 Å². The molecular formula is C14H27N3O2S. The van der Waals surface area contributed by atoms with Gasteiger partial charge < -0.3 is 16.0 Å². The van der Waals surface area contributed by atoms with Crippen molar-refractivity contribution < 1.29 is 9.59 Å². The number of nitrogens with one attached hydrogen (secondary N) is 1. The number of thioether (sulfide) groups is 1. The molecule has 1 aliphatic rings. The minimum absolute atomic E-state index is 0.0427. The first-order valence-electron chi connectivity index (χ1n) is 7.29. The normalized spacial score (nSPS) is 18.1. The monoisotopic (exact) mass is 301 g/mol. The number of hydrogen-bond acceptors (Lipinski definition) is 4. The van der Waals surface area contributed by atoms with Gasteiger partial charge in [-0.25, -0.2) is 0 Å². The molecule has 0 aromatic rings. The molecule has 0 unspecified atom stereocenters. The van der Waals surface area contributed by atoms with E-state index in [0.717, 1.165) is 31.7 Å². The molecule has 1 atom stereocenters. The van der Waals surface area contributed by atoms with Crippen LogP contribution >= 0.6 is 11.8 Å². The fraction of sp³-hybridized carbons (Fsp3) is 0.857. The number of hydrogen-bond donors (Lipinski definition) is 2. The first kappa shape index (κ1) is 17.3. The molecule has 5 nitrogen and oxygen atoms in total. The van der Waals surface area contributed by atoms with E-state index in [2.05, 4.69) is 5.32 Å². The average molecular weight is 301 g/mol. The molecule has 0 spiro atoms. The van der Waals surface area contributed by atoms with Crippen LogP contribution in [0, 0.1) is 5.92 Å². The predicted octanol–water partition coefficient (Wildman–Crippen LogP) is 0.830. The number of nitrogens with two attached hydrogens (primary N) is 1. The van der Waals surface area contributed by atoms with Crippen LogP contribution in [0.2, 0.25) is 0 Å². The van der Waals surface area contributed by atoms with Crippen LogP contribution in [0.1, 0.15) is 33.1 Å². The van der Waals surface area contributed by atoms with Gasteiger partial charge in [-0.15, -0.1) is 0 Å². The van der Waals surface area contributed by atoms with Gasteiger partial charge >= 0.3 is 0 Å². The maximum atomic E-state index is 11.9. The molecule has 2 amide bonds. The van der Waals surface area contributed by atoms with Gasteiger partial charge in [0.2, 0.25) is 11.8 Å². The second kappa shape index (κ2) is 8.52. The third-order valence-electron chi connectivity index (χ3n) is 3.62. The maximum Gasteiger partial charge on any atom is 0.237 e. The Hall–Kier alpha value is -0.750. The molecule has 6 heteroatoms. The van der Waals surface area contributed by atoms with Crippen molar-refractivity contribution in [2.75, 3.05) is 25.1 Å². The van der Waals surface area contributed by atoms with Crippen molar-refractivity contribution in [1.29, 1.82) is 0 Å². The van der Waals surface area contributed by atoms with E-state index in [1.165, 1.54) is 0 Å². The Bertz CT molecular complexity index is 328. The SMILES string of the molecule is CSCC[C@@H](N)C(=O)NC1CCN(C(=O)C(C)C)CC1. The Morgan fingerprint density at radius 2 is 1.95 bits per heavy atom. The fourth-order valence-electron chi connectivity index (χ4n) is 2.29. The number of rotatable bonds is 6. The van der Waals surface area contributed by atoms with E-state index in [-0.39, 0.29) is 23.8 Å². The summed E-state index contributed by atoms with van der Waals surface area (Å²) < 4.78 is 0. The van der Waals surface area contributed by atoms with Crippen LogP contribution in [-0.4, -0.2) is 53.9 Å². The van der Waals surface area contributed by atoms with E-state index in [0.29, 0.717) is 6.42 Å². The van der Waals surface area contributed by atoms with Gasteiger partial charge in [0, 0.05) is 25.0 Å². The number of amides is 2. The van der Waals surface area contributed by atoms with Gasteiger partial charge in [0.15, 0.2) is 0 Å². The Kier molecular flexibility index (Phi) is 7.37. The van der Waals surface area contributed by atoms with E-state index in [1.54, 1.807) is 11.8 Å². The van der Waals surface area contributed by atoms with E-state index in [9.17, 15) is 9.59 Å². The Labute approximate surface area is 126 Å². The maximum absolute atomic E-state index is 11.9. The lowest BCUT2D eigenvalue weighted by atomic mass is 10.0. The van der Waals surface area contributed by atoms with Crippen LogP contribution < -0.4 is 11.1 Å². The van der Waals surface area contributed by atoms with Crippen molar-refractivity contribution in [1.82, 2.24) is 10.2 Å². The number of piperidine rings is 1. The molecule has 0 bridgehead atoms. The second-order valence-corrected chi connectivity index (χ2v) is 6.64. The van der Waals surface area contributed by atoms with Gasteiger partial charge in [-0.05, 0) is 31.3 Å². The summed E-state index contributed by atoms with van der Waals surface area (Å²) in [5.74, 6) is 1.08. The van der Waals surface area contributed by atoms with Gasteiger partial charge in [-0.2, -0.15) is 11.8 Å². The fourth-order valence-corrected chi connectivity index (χ4v) is 2.78. The zero-order valence-corrected chi connectivity index (χ0v) is 13.5. The summed E-state index contributed by atoms with van der Waals surface area (Å²) in [6.45, 7) is 5.28. The lowest BCUT2D eigenvalue weighted by Crippen LogP contribution is -2.51. The van der Waals surface area contributed by atoms with Gasteiger partial charge in [-0.1, -0.05) is 13.8 Å². The molecule has 1 rings (SSSR count). The predicted molar refractivity (Wildman–Crippen MR) is 83.6 cm³/mol.